The molecule has 0 saturated carbocycles. The maximum absolute atomic E-state index is 5.46. The van der Waals surface area contributed by atoms with Crippen molar-refractivity contribution in [2.75, 3.05) is 5.75 Å². The molecule has 1 heterocycles. The average Bonchev–Trinajstić information content (AvgIpc) is 3.44. The van der Waals surface area contributed by atoms with E-state index in [9.17, 15) is 0 Å². The molecule has 0 spiro atoms. The number of benzene rings is 4. The molecule has 35 heavy (non-hydrogen) atoms. The van der Waals surface area contributed by atoms with Crippen LogP contribution in [-0.4, -0.2) is 10.7 Å². The Morgan fingerprint density at radius 2 is 1.49 bits per heavy atom. The second kappa shape index (κ2) is 11.1. The molecule has 0 radical (unpaired) electrons. The van der Waals surface area contributed by atoms with E-state index >= 15 is 0 Å². The molecule has 0 aliphatic heterocycles. The lowest BCUT2D eigenvalue weighted by atomic mass is 9.97. The van der Waals surface area contributed by atoms with Crippen LogP contribution in [0.3, 0.4) is 0 Å². The summed E-state index contributed by atoms with van der Waals surface area (Å²) in [7, 11) is -0.793. The monoisotopic (exact) mass is 493 g/mol. The van der Waals surface area contributed by atoms with Crippen molar-refractivity contribution >= 4 is 35.6 Å². The van der Waals surface area contributed by atoms with Crippen LogP contribution in [0.5, 0.6) is 0 Å². The van der Waals surface area contributed by atoms with Crippen molar-refractivity contribution < 1.29 is 4.42 Å². The largest absolute Gasteiger partial charge is 0.451 e. The van der Waals surface area contributed by atoms with Crippen LogP contribution in [0.1, 0.15) is 18.9 Å². The molecule has 0 unspecified atom stereocenters. The lowest BCUT2D eigenvalue weighted by Crippen LogP contribution is -2.23. The molecule has 0 amide bonds. The van der Waals surface area contributed by atoms with Crippen molar-refractivity contribution in [3.8, 4) is 22.4 Å². The summed E-state index contributed by atoms with van der Waals surface area (Å²) in [4.78, 5) is 5.86. The molecule has 0 aliphatic rings. The zero-order valence-electron chi connectivity index (χ0n) is 20.0. The topological polar surface area (TPSA) is 26.0 Å². The molecular weight excluding hydrogens is 465 g/mol. The van der Waals surface area contributed by atoms with Gasteiger partial charge in [0, 0.05) is 10.5 Å². The minimum atomic E-state index is -0.793. The fraction of sp³-hybridized carbons (Fsp3) is 0.129. The molecule has 1 aromatic heterocycles. The van der Waals surface area contributed by atoms with Gasteiger partial charge in [0.25, 0.3) is 0 Å². The smallest absolute Gasteiger partial charge is 0.181 e. The molecule has 5 rings (SSSR count). The van der Waals surface area contributed by atoms with Gasteiger partial charge in [-0.15, -0.1) is 11.8 Å². The lowest BCUT2D eigenvalue weighted by molar-refractivity contribution is 0.558. The van der Waals surface area contributed by atoms with E-state index in [1.54, 1.807) is 6.26 Å². The molecule has 0 atom stereocenters. The maximum Gasteiger partial charge on any atom is 0.181 e. The van der Waals surface area contributed by atoms with E-state index < -0.39 is 7.92 Å². The lowest BCUT2D eigenvalue weighted by Gasteiger charge is -2.25. The van der Waals surface area contributed by atoms with Crippen molar-refractivity contribution in [2.24, 2.45) is 0 Å². The Bertz CT molecular complexity index is 1330. The van der Waals surface area contributed by atoms with Gasteiger partial charge in [0.2, 0.25) is 0 Å². The third-order valence-corrected chi connectivity index (χ3v) is 9.53. The molecule has 0 N–H and O–H groups in total. The van der Waals surface area contributed by atoms with Crippen LogP contribution < -0.4 is 15.9 Å². The molecule has 5 aromatic rings. The van der Waals surface area contributed by atoms with E-state index in [1.165, 1.54) is 43.9 Å². The Morgan fingerprint density at radius 3 is 2.06 bits per heavy atom. The van der Waals surface area contributed by atoms with Gasteiger partial charge >= 0.3 is 0 Å². The molecule has 174 valence electrons. The predicted molar refractivity (Wildman–Crippen MR) is 152 cm³/mol. The third kappa shape index (κ3) is 5.27. The molecule has 0 saturated heterocycles. The summed E-state index contributed by atoms with van der Waals surface area (Å²) in [5.41, 5.74) is 5.69. The minimum Gasteiger partial charge on any atom is -0.451 e. The summed E-state index contributed by atoms with van der Waals surface area (Å²) in [6.07, 6.45) is 4.42. The van der Waals surface area contributed by atoms with Crippen LogP contribution in [-0.2, 0) is 0 Å². The van der Waals surface area contributed by atoms with Gasteiger partial charge in [0.1, 0.15) is 12.0 Å². The van der Waals surface area contributed by atoms with Gasteiger partial charge < -0.3 is 4.42 Å². The molecule has 0 aliphatic carbocycles. The van der Waals surface area contributed by atoms with Gasteiger partial charge in [0.05, 0.1) is 0 Å². The second-order valence-electron chi connectivity index (χ2n) is 8.46. The van der Waals surface area contributed by atoms with E-state index in [4.69, 9.17) is 4.42 Å². The van der Waals surface area contributed by atoms with Crippen molar-refractivity contribution in [3.05, 3.63) is 115 Å². The van der Waals surface area contributed by atoms with Crippen molar-refractivity contribution in [2.45, 2.75) is 25.2 Å². The van der Waals surface area contributed by atoms with E-state index in [0.29, 0.717) is 0 Å². The predicted octanol–water partition coefficient (Wildman–Crippen LogP) is 7.58. The van der Waals surface area contributed by atoms with Crippen LogP contribution in [0.25, 0.3) is 22.4 Å². The van der Waals surface area contributed by atoms with Gasteiger partial charge in [-0.2, -0.15) is 0 Å². The molecule has 0 bridgehead atoms. The highest BCUT2D eigenvalue weighted by molar-refractivity contribution is 7.99. The first-order valence-corrected chi connectivity index (χ1v) is 14.2. The standard InChI is InChI=1S/C31H28NOPS/c1-3-18-35-27-19-28(29-21-33-22-32-29)31(24-16-14-23(2)15-17-24)30(20-27)34(25-10-6-4-7-11-25)26-12-8-5-9-13-26/h4-17,19-22H,3,18H2,1-2H3. The molecular formula is C31H28NOPS. The Kier molecular flexibility index (Phi) is 7.47. The minimum absolute atomic E-state index is 0.793. The summed E-state index contributed by atoms with van der Waals surface area (Å²) in [5, 5.41) is 4.02. The summed E-state index contributed by atoms with van der Waals surface area (Å²) >= 11 is 1.91. The first-order valence-electron chi connectivity index (χ1n) is 11.9. The number of oxazole rings is 1. The number of thioether (sulfide) groups is 1. The first kappa shape index (κ1) is 23.6. The zero-order valence-corrected chi connectivity index (χ0v) is 21.7. The summed E-state index contributed by atoms with van der Waals surface area (Å²) in [6, 6.07) is 35.4. The Hall–Kier alpha value is -3.13. The fourth-order valence-corrected chi connectivity index (χ4v) is 7.70. The molecule has 0 fully saturated rings. The number of rotatable bonds is 8. The average molecular weight is 494 g/mol. The van der Waals surface area contributed by atoms with Crippen LogP contribution in [0.15, 0.2) is 119 Å². The van der Waals surface area contributed by atoms with Crippen molar-refractivity contribution in [1.29, 1.82) is 0 Å². The molecule has 4 aromatic carbocycles. The summed E-state index contributed by atoms with van der Waals surface area (Å²) in [5.74, 6) is 1.08. The van der Waals surface area contributed by atoms with Crippen LogP contribution in [0.4, 0.5) is 0 Å². The quantitative estimate of drug-likeness (QED) is 0.165. The number of aryl methyl sites for hydroxylation is 1. The highest BCUT2D eigenvalue weighted by Gasteiger charge is 2.25. The van der Waals surface area contributed by atoms with Gasteiger partial charge in [-0.05, 0) is 66.2 Å². The Labute approximate surface area is 213 Å². The fourth-order valence-electron chi connectivity index (χ4n) is 4.23. The van der Waals surface area contributed by atoms with E-state index in [1.807, 2.05) is 11.8 Å². The second-order valence-corrected chi connectivity index (χ2v) is 11.8. The van der Waals surface area contributed by atoms with Crippen molar-refractivity contribution in [1.82, 2.24) is 4.98 Å². The van der Waals surface area contributed by atoms with Crippen molar-refractivity contribution in [3.63, 3.8) is 0 Å². The van der Waals surface area contributed by atoms with Gasteiger partial charge in [-0.1, -0.05) is 97.4 Å². The number of aromatic nitrogens is 1. The van der Waals surface area contributed by atoms with Gasteiger partial charge in [0.15, 0.2) is 6.39 Å². The summed E-state index contributed by atoms with van der Waals surface area (Å²) in [6.45, 7) is 4.36. The molecule has 2 nitrogen and oxygen atoms in total. The third-order valence-electron chi connectivity index (χ3n) is 5.88. The van der Waals surface area contributed by atoms with Crippen LogP contribution >= 0.6 is 19.7 Å². The SMILES string of the molecule is CCCSc1cc(-c2cocn2)c(-c2ccc(C)cc2)c(P(c2ccccc2)c2ccccc2)c1. The number of hydrogen-bond acceptors (Lipinski definition) is 3. The normalized spacial score (nSPS) is 11.2. The maximum atomic E-state index is 5.46. The zero-order chi connectivity index (χ0) is 24.0. The van der Waals surface area contributed by atoms with Crippen LogP contribution in [0.2, 0.25) is 0 Å². The highest BCUT2D eigenvalue weighted by atomic mass is 32.2. The van der Waals surface area contributed by atoms with E-state index in [-0.39, 0.29) is 0 Å². The summed E-state index contributed by atoms with van der Waals surface area (Å²) < 4.78 is 5.46. The van der Waals surface area contributed by atoms with Gasteiger partial charge in [-0.25, -0.2) is 4.98 Å². The van der Waals surface area contributed by atoms with E-state index in [2.05, 4.69) is 116 Å². The first-order chi connectivity index (χ1) is 17.2. The Morgan fingerprint density at radius 1 is 0.829 bits per heavy atom. The number of hydrogen-bond donors (Lipinski definition) is 0. The highest BCUT2D eigenvalue weighted by Crippen LogP contribution is 2.43. The van der Waals surface area contributed by atoms with E-state index in [0.717, 1.165) is 23.4 Å². The Balaban J connectivity index is 1.84. The van der Waals surface area contributed by atoms with Gasteiger partial charge in [-0.3, -0.25) is 0 Å². The van der Waals surface area contributed by atoms with Crippen LogP contribution in [0, 0.1) is 6.92 Å². The molecule has 4 heteroatoms. The number of nitrogens with zero attached hydrogens (tertiary/aromatic N) is 1.